The van der Waals surface area contributed by atoms with Crippen molar-refractivity contribution < 1.29 is 14.6 Å². The molecule has 122 valence electrons. The van der Waals surface area contributed by atoms with Crippen LogP contribution in [0.1, 0.15) is 10.4 Å². The minimum atomic E-state index is -0.981. The second-order valence-electron chi connectivity index (χ2n) is 5.56. The van der Waals surface area contributed by atoms with Crippen LogP contribution in [-0.4, -0.2) is 21.0 Å². The predicted octanol–water partition coefficient (Wildman–Crippen LogP) is 4.72. The Labute approximate surface area is 143 Å². The van der Waals surface area contributed by atoms with Gasteiger partial charge < -0.3 is 14.8 Å². The molecule has 0 saturated carbocycles. The number of nitrogens with zero attached hydrogens (tertiary/aromatic N) is 1. The average molecular weight is 330 g/mol. The van der Waals surface area contributed by atoms with Crippen LogP contribution in [0.15, 0.2) is 72.8 Å². The number of ether oxygens (including phenoxy) is 1. The molecule has 0 unspecified atom stereocenters. The lowest BCUT2D eigenvalue weighted by Gasteiger charge is -2.07. The van der Waals surface area contributed by atoms with E-state index in [1.54, 1.807) is 12.1 Å². The van der Waals surface area contributed by atoms with Crippen molar-refractivity contribution in [3.63, 3.8) is 0 Å². The first kappa shape index (κ1) is 15.0. The zero-order valence-electron chi connectivity index (χ0n) is 13.1. The minimum Gasteiger partial charge on any atom is -0.478 e. The molecule has 25 heavy (non-hydrogen) atoms. The number of fused-ring (bicyclic) bond motifs is 1. The summed E-state index contributed by atoms with van der Waals surface area (Å²) in [6.07, 6.45) is 0. The van der Waals surface area contributed by atoms with Crippen LogP contribution in [0.25, 0.3) is 22.4 Å². The molecule has 4 aromatic rings. The molecule has 0 spiro atoms. The van der Waals surface area contributed by atoms with E-state index in [4.69, 9.17) is 9.84 Å². The second kappa shape index (κ2) is 6.13. The maximum atomic E-state index is 11.0. The molecule has 2 N–H and O–H groups in total. The molecule has 0 amide bonds. The summed E-state index contributed by atoms with van der Waals surface area (Å²) >= 11 is 0. The van der Waals surface area contributed by atoms with Crippen molar-refractivity contribution >= 4 is 17.0 Å². The fourth-order valence-electron chi connectivity index (χ4n) is 2.60. The summed E-state index contributed by atoms with van der Waals surface area (Å²) in [6, 6.07) is 21.7. The lowest BCUT2D eigenvalue weighted by atomic mass is 10.2. The molecule has 0 atom stereocenters. The van der Waals surface area contributed by atoms with E-state index in [1.165, 1.54) is 12.1 Å². The zero-order chi connectivity index (χ0) is 17.2. The number of hydrogen-bond acceptors (Lipinski definition) is 3. The molecular weight excluding hydrogens is 316 g/mol. The quantitative estimate of drug-likeness (QED) is 0.568. The smallest absolute Gasteiger partial charge is 0.335 e. The van der Waals surface area contributed by atoms with Crippen molar-refractivity contribution in [3.05, 3.63) is 78.4 Å². The molecule has 5 nitrogen and oxygen atoms in total. The highest BCUT2D eigenvalue weighted by molar-refractivity contribution is 5.88. The normalized spacial score (nSPS) is 10.7. The van der Waals surface area contributed by atoms with Gasteiger partial charge in [0.1, 0.15) is 17.3 Å². The van der Waals surface area contributed by atoms with Crippen LogP contribution in [0, 0.1) is 0 Å². The van der Waals surface area contributed by atoms with E-state index in [0.29, 0.717) is 11.5 Å². The molecule has 0 aliphatic rings. The number of carboxylic acid groups (broad SMARTS) is 1. The van der Waals surface area contributed by atoms with Crippen molar-refractivity contribution in [2.45, 2.75) is 0 Å². The number of aromatic carboxylic acids is 1. The van der Waals surface area contributed by atoms with Crippen LogP contribution in [0.2, 0.25) is 0 Å². The van der Waals surface area contributed by atoms with Crippen LogP contribution in [-0.2, 0) is 0 Å². The zero-order valence-corrected chi connectivity index (χ0v) is 13.1. The molecule has 3 aromatic carbocycles. The third-order valence-corrected chi connectivity index (χ3v) is 3.83. The van der Waals surface area contributed by atoms with E-state index in [2.05, 4.69) is 9.97 Å². The van der Waals surface area contributed by atoms with Gasteiger partial charge in [0.15, 0.2) is 0 Å². The lowest BCUT2D eigenvalue weighted by molar-refractivity contribution is 0.0696. The summed E-state index contributed by atoms with van der Waals surface area (Å²) in [5.41, 5.74) is 3.05. The summed E-state index contributed by atoms with van der Waals surface area (Å²) < 4.78 is 5.73. The molecule has 0 saturated heterocycles. The number of carbonyl (C=O) groups is 1. The topological polar surface area (TPSA) is 75.2 Å². The average Bonchev–Trinajstić information content (AvgIpc) is 3.07. The van der Waals surface area contributed by atoms with E-state index in [-0.39, 0.29) is 5.56 Å². The van der Waals surface area contributed by atoms with Gasteiger partial charge in [-0.15, -0.1) is 0 Å². The maximum Gasteiger partial charge on any atom is 0.335 e. The third kappa shape index (κ3) is 3.07. The lowest BCUT2D eigenvalue weighted by Crippen LogP contribution is -1.96. The van der Waals surface area contributed by atoms with Crippen LogP contribution < -0.4 is 4.74 Å². The van der Waals surface area contributed by atoms with Gasteiger partial charge in [0, 0.05) is 5.56 Å². The van der Waals surface area contributed by atoms with Gasteiger partial charge in [-0.25, -0.2) is 9.78 Å². The van der Waals surface area contributed by atoms with Crippen LogP contribution in [0.5, 0.6) is 11.5 Å². The summed E-state index contributed by atoms with van der Waals surface area (Å²) in [7, 11) is 0. The molecule has 0 bridgehead atoms. The van der Waals surface area contributed by atoms with Gasteiger partial charge in [-0.05, 0) is 54.6 Å². The van der Waals surface area contributed by atoms with Crippen molar-refractivity contribution in [3.8, 4) is 22.9 Å². The Balaban J connectivity index is 1.57. The number of H-pyrrole nitrogens is 1. The van der Waals surface area contributed by atoms with Crippen molar-refractivity contribution in [1.82, 2.24) is 9.97 Å². The Hall–Kier alpha value is -3.60. The van der Waals surface area contributed by atoms with Gasteiger partial charge >= 0.3 is 5.97 Å². The molecule has 0 fully saturated rings. The van der Waals surface area contributed by atoms with Gasteiger partial charge in [0.2, 0.25) is 0 Å². The predicted molar refractivity (Wildman–Crippen MR) is 95.0 cm³/mol. The summed E-state index contributed by atoms with van der Waals surface area (Å²) in [5.74, 6) is 0.921. The Bertz CT molecular complexity index is 1020. The molecule has 1 aromatic heterocycles. The van der Waals surface area contributed by atoms with Gasteiger partial charge in [0.25, 0.3) is 0 Å². The molecule has 1 heterocycles. The van der Waals surface area contributed by atoms with Gasteiger partial charge in [0.05, 0.1) is 16.6 Å². The number of benzene rings is 3. The van der Waals surface area contributed by atoms with E-state index < -0.39 is 5.97 Å². The first-order valence-corrected chi connectivity index (χ1v) is 7.75. The summed E-state index contributed by atoms with van der Waals surface area (Å²) in [5, 5.41) is 9.03. The fourth-order valence-corrected chi connectivity index (χ4v) is 2.60. The third-order valence-electron chi connectivity index (χ3n) is 3.83. The molecule has 4 rings (SSSR count). The highest BCUT2D eigenvalue weighted by Crippen LogP contribution is 2.26. The second-order valence-corrected chi connectivity index (χ2v) is 5.56. The van der Waals surface area contributed by atoms with Crippen molar-refractivity contribution in [2.75, 3.05) is 0 Å². The highest BCUT2D eigenvalue weighted by atomic mass is 16.5. The molecule has 0 radical (unpaired) electrons. The van der Waals surface area contributed by atoms with Crippen molar-refractivity contribution in [1.29, 1.82) is 0 Å². The Morgan fingerprint density at radius 3 is 2.48 bits per heavy atom. The number of aromatic amines is 1. The number of aromatic nitrogens is 2. The molecule has 0 aliphatic carbocycles. The van der Waals surface area contributed by atoms with Crippen molar-refractivity contribution in [2.24, 2.45) is 0 Å². The minimum absolute atomic E-state index is 0.191. The number of hydrogen-bond donors (Lipinski definition) is 2. The van der Waals surface area contributed by atoms with E-state index in [1.807, 2.05) is 48.5 Å². The Morgan fingerprint density at radius 1 is 0.920 bits per heavy atom. The van der Waals surface area contributed by atoms with E-state index in [9.17, 15) is 4.79 Å². The first-order chi connectivity index (χ1) is 12.2. The SMILES string of the molecule is O=C(O)c1cccc(Oc2ccc(-c3nc4ccccc4[nH]3)cc2)c1. The molecule has 5 heteroatoms. The monoisotopic (exact) mass is 330 g/mol. The molecule has 0 aliphatic heterocycles. The number of rotatable bonds is 4. The van der Waals surface area contributed by atoms with Gasteiger partial charge in [-0.2, -0.15) is 0 Å². The summed E-state index contributed by atoms with van der Waals surface area (Å²) in [4.78, 5) is 18.9. The largest absolute Gasteiger partial charge is 0.478 e. The Kier molecular flexibility index (Phi) is 3.67. The fraction of sp³-hybridized carbons (Fsp3) is 0. The van der Waals surface area contributed by atoms with Gasteiger partial charge in [-0.1, -0.05) is 18.2 Å². The van der Waals surface area contributed by atoms with E-state index in [0.717, 1.165) is 22.4 Å². The number of carboxylic acids is 1. The number of para-hydroxylation sites is 2. The van der Waals surface area contributed by atoms with Gasteiger partial charge in [-0.3, -0.25) is 0 Å². The Morgan fingerprint density at radius 2 is 1.72 bits per heavy atom. The van der Waals surface area contributed by atoms with Crippen LogP contribution >= 0.6 is 0 Å². The maximum absolute atomic E-state index is 11.0. The number of imidazole rings is 1. The van der Waals surface area contributed by atoms with Crippen LogP contribution in [0.4, 0.5) is 0 Å². The first-order valence-electron chi connectivity index (χ1n) is 7.75. The standard InChI is InChI=1S/C20H14N2O3/c23-20(24)14-4-3-5-16(12-14)25-15-10-8-13(9-11-15)19-21-17-6-1-2-7-18(17)22-19/h1-12H,(H,21,22)(H,23,24). The highest BCUT2D eigenvalue weighted by Gasteiger charge is 2.07. The van der Waals surface area contributed by atoms with Crippen LogP contribution in [0.3, 0.4) is 0 Å². The molecular formula is C20H14N2O3. The van der Waals surface area contributed by atoms with E-state index >= 15 is 0 Å². The number of nitrogens with one attached hydrogen (secondary N) is 1. The summed E-state index contributed by atoms with van der Waals surface area (Å²) in [6.45, 7) is 0.